The summed E-state index contributed by atoms with van der Waals surface area (Å²) in [7, 11) is 7.03. The summed E-state index contributed by atoms with van der Waals surface area (Å²) in [6, 6.07) is 9.80. The minimum Gasteiger partial charge on any atom is -0.493 e. The van der Waals surface area contributed by atoms with Crippen LogP contribution in [0, 0.1) is 5.82 Å². The van der Waals surface area contributed by atoms with E-state index in [9.17, 15) is 9.18 Å². The van der Waals surface area contributed by atoms with Crippen molar-refractivity contribution in [3.63, 3.8) is 0 Å². The second-order valence-corrected chi connectivity index (χ2v) is 8.70. The van der Waals surface area contributed by atoms with Gasteiger partial charge in [0.2, 0.25) is 5.91 Å². The molecule has 2 aromatic carbocycles. The predicted molar refractivity (Wildman–Crippen MR) is 120 cm³/mol. The smallest absolute Gasteiger partial charge is 0.244 e. The number of likely N-dealkylation sites (N-methyl/N-ethyl adjacent to an activating group) is 1. The van der Waals surface area contributed by atoms with Gasteiger partial charge in [0.05, 0.1) is 26.4 Å². The van der Waals surface area contributed by atoms with E-state index >= 15 is 0 Å². The van der Waals surface area contributed by atoms with E-state index in [4.69, 9.17) is 14.2 Å². The highest BCUT2D eigenvalue weighted by atomic mass is 19.1. The predicted octanol–water partition coefficient (Wildman–Crippen LogP) is 3.54. The summed E-state index contributed by atoms with van der Waals surface area (Å²) in [5.74, 6) is 1.14. The van der Waals surface area contributed by atoms with Crippen molar-refractivity contribution in [2.75, 3.05) is 48.0 Å². The molecule has 172 valence electrons. The molecule has 1 fully saturated rings. The van der Waals surface area contributed by atoms with Gasteiger partial charge in [0.15, 0.2) is 11.5 Å². The molecule has 0 saturated carbocycles. The lowest BCUT2D eigenvalue weighted by atomic mass is 9.79. The number of hydrogen-bond donors (Lipinski definition) is 0. The van der Waals surface area contributed by atoms with Crippen molar-refractivity contribution in [2.24, 2.45) is 0 Å². The highest BCUT2D eigenvalue weighted by Gasteiger charge is 2.43. The van der Waals surface area contributed by atoms with Gasteiger partial charge in [-0.05, 0) is 74.3 Å². The molecular formula is C25H31FN2O4. The summed E-state index contributed by atoms with van der Waals surface area (Å²) >= 11 is 0. The number of likely N-dealkylation sites (tertiary alicyclic amines) is 1. The van der Waals surface area contributed by atoms with Crippen molar-refractivity contribution in [3.05, 3.63) is 58.9 Å². The molecule has 1 atom stereocenters. The molecule has 0 radical (unpaired) electrons. The molecule has 7 heteroatoms. The number of carbonyl (C=O) groups excluding carboxylic acids is 1. The van der Waals surface area contributed by atoms with Crippen LogP contribution in [0.3, 0.4) is 0 Å². The molecule has 1 saturated heterocycles. The van der Waals surface area contributed by atoms with E-state index in [-0.39, 0.29) is 11.7 Å². The lowest BCUT2D eigenvalue weighted by Crippen LogP contribution is -2.50. The van der Waals surface area contributed by atoms with Crippen molar-refractivity contribution >= 4 is 5.91 Å². The molecule has 2 aliphatic heterocycles. The van der Waals surface area contributed by atoms with E-state index in [1.807, 2.05) is 36.0 Å². The normalized spacial score (nSPS) is 18.4. The number of amides is 1. The van der Waals surface area contributed by atoms with Crippen LogP contribution < -0.4 is 9.47 Å². The summed E-state index contributed by atoms with van der Waals surface area (Å²) in [5, 5.41) is 0. The first-order valence-electron chi connectivity index (χ1n) is 11.0. The second kappa shape index (κ2) is 9.08. The lowest BCUT2D eigenvalue weighted by Gasteiger charge is -2.46. The number of hydrogen-bond acceptors (Lipinski definition) is 5. The maximum Gasteiger partial charge on any atom is 0.244 e. The van der Waals surface area contributed by atoms with Gasteiger partial charge in [-0.1, -0.05) is 12.1 Å². The minimum atomic E-state index is -0.450. The number of benzene rings is 2. The third kappa shape index (κ3) is 4.07. The Hall–Kier alpha value is -2.64. The molecule has 0 bridgehead atoms. The van der Waals surface area contributed by atoms with Gasteiger partial charge in [0.25, 0.3) is 0 Å². The van der Waals surface area contributed by atoms with Crippen molar-refractivity contribution in [1.82, 2.24) is 9.80 Å². The van der Waals surface area contributed by atoms with Crippen LogP contribution in [0.1, 0.15) is 35.6 Å². The van der Waals surface area contributed by atoms with E-state index in [1.54, 1.807) is 26.4 Å². The molecule has 2 aromatic rings. The first kappa shape index (κ1) is 22.6. The Bertz CT molecular complexity index is 969. The van der Waals surface area contributed by atoms with Gasteiger partial charge in [-0.25, -0.2) is 4.39 Å². The summed E-state index contributed by atoms with van der Waals surface area (Å²) in [6.07, 6.45) is 2.25. The van der Waals surface area contributed by atoms with Gasteiger partial charge in [-0.2, -0.15) is 0 Å². The average Bonchev–Trinajstić information content (AvgIpc) is 2.80. The van der Waals surface area contributed by atoms with Crippen molar-refractivity contribution in [2.45, 2.75) is 30.9 Å². The molecule has 1 amide bonds. The third-order valence-corrected chi connectivity index (χ3v) is 6.67. The number of ether oxygens (including phenoxy) is 3. The maximum atomic E-state index is 13.4. The average molecular weight is 443 g/mol. The largest absolute Gasteiger partial charge is 0.493 e. The zero-order valence-corrected chi connectivity index (χ0v) is 19.2. The number of piperidine rings is 1. The summed E-state index contributed by atoms with van der Waals surface area (Å²) in [4.78, 5) is 17.2. The highest BCUT2D eigenvalue weighted by Crippen LogP contribution is 2.45. The van der Waals surface area contributed by atoms with Gasteiger partial charge in [0.1, 0.15) is 11.9 Å². The Morgan fingerprint density at radius 3 is 2.31 bits per heavy atom. The number of nitrogens with zero attached hydrogens (tertiary/aromatic N) is 2. The van der Waals surface area contributed by atoms with Crippen LogP contribution >= 0.6 is 0 Å². The van der Waals surface area contributed by atoms with Gasteiger partial charge in [0, 0.05) is 13.1 Å². The molecule has 0 aliphatic carbocycles. The zero-order chi connectivity index (χ0) is 22.9. The van der Waals surface area contributed by atoms with Crippen LogP contribution in [0.15, 0.2) is 36.4 Å². The molecule has 1 unspecified atom stereocenters. The molecule has 1 spiro atoms. The minimum absolute atomic E-state index is 0.0276. The van der Waals surface area contributed by atoms with E-state index in [1.165, 1.54) is 17.7 Å². The van der Waals surface area contributed by atoms with E-state index in [2.05, 4.69) is 0 Å². The summed E-state index contributed by atoms with van der Waals surface area (Å²) in [6.45, 7) is 1.84. The first-order chi connectivity index (χ1) is 15.4. The van der Waals surface area contributed by atoms with Crippen LogP contribution in [0.5, 0.6) is 11.5 Å². The maximum absolute atomic E-state index is 13.4. The van der Waals surface area contributed by atoms with Crippen LogP contribution in [0.4, 0.5) is 4.39 Å². The molecule has 4 rings (SSSR count). The standard InChI is InChI=1S/C25H31FN2O4/c1-27(2)23(17-5-7-19(26)8-6-17)24(29)28-12-10-25(11-13-28)20-16-22(31-4)21(30-3)15-18(20)9-14-32-25/h5-8,15-16,23H,9-14H2,1-4H3. The van der Waals surface area contributed by atoms with Crippen LogP contribution in [0.2, 0.25) is 0 Å². The second-order valence-electron chi connectivity index (χ2n) is 8.70. The van der Waals surface area contributed by atoms with Crippen molar-refractivity contribution < 1.29 is 23.4 Å². The fraction of sp³-hybridized carbons (Fsp3) is 0.480. The van der Waals surface area contributed by atoms with Crippen LogP contribution in [-0.4, -0.2) is 63.7 Å². The molecular weight excluding hydrogens is 411 g/mol. The molecule has 0 N–H and O–H groups in total. The SMILES string of the molecule is COc1cc2c(cc1OC)C1(CCN(C(=O)C(c3ccc(F)cc3)N(C)C)CC1)OCC2. The van der Waals surface area contributed by atoms with Crippen LogP contribution in [0.25, 0.3) is 0 Å². The van der Waals surface area contributed by atoms with E-state index in [0.29, 0.717) is 38.3 Å². The van der Waals surface area contributed by atoms with Crippen LogP contribution in [-0.2, 0) is 21.6 Å². The Morgan fingerprint density at radius 1 is 1.09 bits per heavy atom. The number of rotatable bonds is 5. The Balaban J connectivity index is 1.55. The number of carbonyl (C=O) groups is 1. The van der Waals surface area contributed by atoms with Gasteiger partial charge in [-0.3, -0.25) is 9.69 Å². The van der Waals surface area contributed by atoms with Gasteiger partial charge in [-0.15, -0.1) is 0 Å². The highest BCUT2D eigenvalue weighted by molar-refractivity contribution is 5.83. The van der Waals surface area contributed by atoms with E-state index in [0.717, 1.165) is 23.3 Å². The number of fused-ring (bicyclic) bond motifs is 2. The molecule has 2 heterocycles. The monoisotopic (exact) mass is 442 g/mol. The third-order valence-electron chi connectivity index (χ3n) is 6.67. The fourth-order valence-electron chi connectivity index (χ4n) is 4.97. The van der Waals surface area contributed by atoms with Crippen molar-refractivity contribution in [3.8, 4) is 11.5 Å². The topological polar surface area (TPSA) is 51.2 Å². The fourth-order valence-corrected chi connectivity index (χ4v) is 4.97. The number of halogens is 1. The van der Waals surface area contributed by atoms with Gasteiger partial charge >= 0.3 is 0 Å². The molecule has 2 aliphatic rings. The Morgan fingerprint density at radius 2 is 1.72 bits per heavy atom. The lowest BCUT2D eigenvalue weighted by molar-refractivity contribution is -0.145. The molecule has 32 heavy (non-hydrogen) atoms. The molecule has 0 aromatic heterocycles. The summed E-state index contributed by atoms with van der Waals surface area (Å²) < 4.78 is 30.8. The zero-order valence-electron chi connectivity index (χ0n) is 19.2. The quantitative estimate of drug-likeness (QED) is 0.709. The van der Waals surface area contributed by atoms with Crippen molar-refractivity contribution in [1.29, 1.82) is 0 Å². The van der Waals surface area contributed by atoms with Gasteiger partial charge < -0.3 is 19.1 Å². The summed E-state index contributed by atoms with van der Waals surface area (Å²) in [5.41, 5.74) is 2.72. The van der Waals surface area contributed by atoms with E-state index < -0.39 is 11.6 Å². The molecule has 6 nitrogen and oxygen atoms in total. The Labute approximate surface area is 188 Å². The number of methoxy groups -OCH3 is 2. The Kier molecular flexibility index (Phi) is 6.40. The first-order valence-corrected chi connectivity index (χ1v) is 11.0.